The zero-order chi connectivity index (χ0) is 12.5. The van der Waals surface area contributed by atoms with E-state index < -0.39 is 0 Å². The summed E-state index contributed by atoms with van der Waals surface area (Å²) in [4.78, 5) is 5.97. The highest BCUT2D eigenvalue weighted by Gasteiger charge is 2.06. The van der Waals surface area contributed by atoms with Crippen LogP contribution in [-0.2, 0) is 6.54 Å². The average molecular weight is 229 g/mol. The van der Waals surface area contributed by atoms with Crippen molar-refractivity contribution >= 4 is 5.69 Å². The lowest BCUT2D eigenvalue weighted by molar-refractivity contribution is 0.330. The van der Waals surface area contributed by atoms with Crippen molar-refractivity contribution < 1.29 is 0 Å². The Labute approximate surface area is 101 Å². The van der Waals surface area contributed by atoms with Crippen LogP contribution in [0.5, 0.6) is 0 Å². The predicted molar refractivity (Wildman–Crippen MR) is 64.9 cm³/mol. The fraction of sp³-hybridized carbons (Fsp3) is 0.417. The van der Waals surface area contributed by atoms with Crippen LogP contribution in [0.1, 0.15) is 12.6 Å². The van der Waals surface area contributed by atoms with Crippen LogP contribution in [0.3, 0.4) is 0 Å². The Morgan fingerprint density at radius 3 is 2.65 bits per heavy atom. The van der Waals surface area contributed by atoms with E-state index in [0.29, 0.717) is 6.54 Å². The van der Waals surface area contributed by atoms with Crippen molar-refractivity contribution in [1.29, 1.82) is 10.5 Å². The highest BCUT2D eigenvalue weighted by molar-refractivity contribution is 5.42. The minimum Gasteiger partial charge on any atom is -0.385 e. The quantitative estimate of drug-likeness (QED) is 0.745. The first-order chi connectivity index (χ1) is 8.30. The molecule has 0 spiro atoms. The van der Waals surface area contributed by atoms with E-state index >= 15 is 0 Å². The molecule has 88 valence electrons. The lowest BCUT2D eigenvalue weighted by Gasteiger charge is -2.15. The molecule has 0 aliphatic carbocycles. The van der Waals surface area contributed by atoms with Gasteiger partial charge in [0.1, 0.15) is 0 Å². The van der Waals surface area contributed by atoms with Gasteiger partial charge in [0.25, 0.3) is 0 Å². The predicted octanol–water partition coefficient (Wildman–Crippen LogP) is 1.36. The topological polar surface area (TPSA) is 75.7 Å². The number of anilines is 1. The number of hydrogen-bond donors (Lipinski definition) is 1. The van der Waals surface area contributed by atoms with Gasteiger partial charge in [-0.15, -0.1) is 0 Å². The molecule has 0 radical (unpaired) electrons. The van der Waals surface area contributed by atoms with Gasteiger partial charge in [-0.3, -0.25) is 9.88 Å². The monoisotopic (exact) mass is 229 g/mol. The third-order valence-electron chi connectivity index (χ3n) is 2.17. The summed E-state index contributed by atoms with van der Waals surface area (Å²) in [6.07, 6.45) is 1.73. The number of rotatable bonds is 6. The van der Waals surface area contributed by atoms with Gasteiger partial charge in [-0.25, -0.2) is 0 Å². The van der Waals surface area contributed by atoms with E-state index in [1.165, 1.54) is 0 Å². The number of pyridine rings is 1. The van der Waals surface area contributed by atoms with Crippen LogP contribution in [0, 0.1) is 22.7 Å². The van der Waals surface area contributed by atoms with E-state index in [9.17, 15) is 0 Å². The maximum Gasteiger partial charge on any atom is 0.0877 e. The second kappa shape index (κ2) is 7.21. The van der Waals surface area contributed by atoms with Gasteiger partial charge in [0.05, 0.1) is 30.9 Å². The third kappa shape index (κ3) is 4.50. The third-order valence-corrected chi connectivity index (χ3v) is 2.17. The first kappa shape index (κ1) is 13.0. The van der Waals surface area contributed by atoms with Crippen LogP contribution in [0.15, 0.2) is 18.3 Å². The molecule has 5 nitrogen and oxygen atoms in total. The molecule has 0 saturated heterocycles. The van der Waals surface area contributed by atoms with Crippen LogP contribution in [0.25, 0.3) is 0 Å². The fourth-order valence-corrected chi connectivity index (χ4v) is 1.48. The number of nitriles is 2. The van der Waals surface area contributed by atoms with E-state index in [1.54, 1.807) is 11.1 Å². The molecule has 0 saturated carbocycles. The molecule has 0 unspecified atom stereocenters. The number of aromatic nitrogens is 1. The van der Waals surface area contributed by atoms with E-state index in [2.05, 4.69) is 10.3 Å². The van der Waals surface area contributed by atoms with Crippen molar-refractivity contribution in [2.24, 2.45) is 0 Å². The largest absolute Gasteiger partial charge is 0.385 e. The van der Waals surface area contributed by atoms with Gasteiger partial charge in [0.2, 0.25) is 0 Å². The molecule has 0 bridgehead atoms. The zero-order valence-electron chi connectivity index (χ0n) is 9.85. The molecule has 0 amide bonds. The Morgan fingerprint density at radius 2 is 2.06 bits per heavy atom. The first-order valence-electron chi connectivity index (χ1n) is 5.45. The van der Waals surface area contributed by atoms with Gasteiger partial charge < -0.3 is 5.32 Å². The number of nitrogens with one attached hydrogen (secondary N) is 1. The lowest BCUT2D eigenvalue weighted by Crippen LogP contribution is -2.24. The Kier molecular flexibility index (Phi) is 5.50. The molecule has 5 heteroatoms. The van der Waals surface area contributed by atoms with E-state index in [0.717, 1.165) is 17.9 Å². The Bertz CT molecular complexity index is 413. The molecule has 1 N–H and O–H groups in total. The second-order valence-corrected chi connectivity index (χ2v) is 3.53. The summed E-state index contributed by atoms with van der Waals surface area (Å²) in [5, 5.41) is 20.5. The minimum atomic E-state index is 0.237. The van der Waals surface area contributed by atoms with Crippen molar-refractivity contribution in [3.05, 3.63) is 24.0 Å². The molecule has 0 aromatic carbocycles. The van der Waals surface area contributed by atoms with Crippen LogP contribution < -0.4 is 5.32 Å². The zero-order valence-corrected chi connectivity index (χ0v) is 9.85. The SMILES string of the molecule is CCNc1ccnc(CN(CC#N)CC#N)c1. The van der Waals surface area contributed by atoms with Crippen molar-refractivity contribution in [3.63, 3.8) is 0 Å². The van der Waals surface area contributed by atoms with Gasteiger partial charge in [0, 0.05) is 25.0 Å². The van der Waals surface area contributed by atoms with Crippen molar-refractivity contribution in [3.8, 4) is 12.1 Å². The van der Waals surface area contributed by atoms with Gasteiger partial charge in [-0.1, -0.05) is 0 Å². The van der Waals surface area contributed by atoms with Crippen molar-refractivity contribution in [1.82, 2.24) is 9.88 Å². The highest BCUT2D eigenvalue weighted by atomic mass is 15.1. The fourth-order valence-electron chi connectivity index (χ4n) is 1.48. The molecule has 17 heavy (non-hydrogen) atoms. The van der Waals surface area contributed by atoms with Gasteiger partial charge in [-0.05, 0) is 19.1 Å². The normalized spacial score (nSPS) is 9.65. The van der Waals surface area contributed by atoms with Crippen LogP contribution in [0.4, 0.5) is 5.69 Å². The highest BCUT2D eigenvalue weighted by Crippen LogP contribution is 2.09. The smallest absolute Gasteiger partial charge is 0.0877 e. The number of hydrogen-bond acceptors (Lipinski definition) is 5. The van der Waals surface area contributed by atoms with Crippen molar-refractivity contribution in [2.45, 2.75) is 13.5 Å². The maximum absolute atomic E-state index is 8.65. The van der Waals surface area contributed by atoms with Gasteiger partial charge >= 0.3 is 0 Å². The molecule has 0 aliphatic rings. The summed E-state index contributed by atoms with van der Waals surface area (Å²) in [7, 11) is 0. The first-order valence-corrected chi connectivity index (χ1v) is 5.45. The molecular formula is C12H15N5. The maximum atomic E-state index is 8.65. The number of nitrogens with zero attached hydrogens (tertiary/aromatic N) is 4. The van der Waals surface area contributed by atoms with E-state index in [1.807, 2.05) is 31.2 Å². The van der Waals surface area contributed by atoms with Crippen LogP contribution >= 0.6 is 0 Å². The molecular weight excluding hydrogens is 214 g/mol. The Balaban J connectivity index is 2.69. The summed E-state index contributed by atoms with van der Waals surface area (Å²) >= 11 is 0. The molecule has 0 atom stereocenters. The van der Waals surface area contributed by atoms with Crippen LogP contribution in [-0.4, -0.2) is 29.5 Å². The van der Waals surface area contributed by atoms with E-state index in [-0.39, 0.29) is 13.1 Å². The standard InChI is InChI=1S/C12H15N5/c1-2-15-11-3-6-16-12(9-11)10-17(7-4-13)8-5-14/h3,6,9H,2,7-8,10H2,1H3,(H,15,16). The van der Waals surface area contributed by atoms with Crippen molar-refractivity contribution in [2.75, 3.05) is 25.0 Å². The summed E-state index contributed by atoms with van der Waals surface area (Å²) in [5.41, 5.74) is 1.86. The summed E-state index contributed by atoms with van der Waals surface area (Å²) < 4.78 is 0. The van der Waals surface area contributed by atoms with Crippen LogP contribution in [0.2, 0.25) is 0 Å². The molecule has 0 fully saturated rings. The molecule has 1 aromatic rings. The molecule has 1 aromatic heterocycles. The lowest BCUT2D eigenvalue weighted by atomic mass is 10.3. The Morgan fingerprint density at radius 1 is 1.35 bits per heavy atom. The molecule has 0 aliphatic heterocycles. The molecule has 1 rings (SSSR count). The van der Waals surface area contributed by atoms with E-state index in [4.69, 9.17) is 10.5 Å². The second-order valence-electron chi connectivity index (χ2n) is 3.53. The van der Waals surface area contributed by atoms with Gasteiger partial charge in [-0.2, -0.15) is 10.5 Å². The molecule has 1 heterocycles. The summed E-state index contributed by atoms with van der Waals surface area (Å²) in [5.74, 6) is 0. The Hall–Kier alpha value is -2.11. The van der Waals surface area contributed by atoms with Gasteiger partial charge in [0.15, 0.2) is 0 Å². The summed E-state index contributed by atoms with van der Waals surface area (Å²) in [6, 6.07) is 7.92. The summed E-state index contributed by atoms with van der Waals surface area (Å²) in [6.45, 7) is 3.86. The average Bonchev–Trinajstić information content (AvgIpc) is 2.30. The minimum absolute atomic E-state index is 0.237.